The summed E-state index contributed by atoms with van der Waals surface area (Å²) in [6.45, 7) is 0.655. The van der Waals surface area contributed by atoms with E-state index < -0.39 is 12.6 Å². The van der Waals surface area contributed by atoms with Crippen molar-refractivity contribution < 1.29 is 17.9 Å². The summed E-state index contributed by atoms with van der Waals surface area (Å²) in [6.07, 6.45) is -3.39. The van der Waals surface area contributed by atoms with Crippen LogP contribution in [0, 0.1) is 0 Å². The van der Waals surface area contributed by atoms with Gasteiger partial charge in [-0.1, -0.05) is 0 Å². The molecule has 0 aromatic carbocycles. The molecule has 1 rings (SSSR count). The minimum absolute atomic E-state index is 0.0345. The number of halogens is 3. The number of alkyl halides is 3. The number of hydrogen-bond acceptors (Lipinski definition) is 3. The Kier molecular flexibility index (Phi) is 5.21. The van der Waals surface area contributed by atoms with Crippen molar-refractivity contribution in [2.45, 2.75) is 25.6 Å². The van der Waals surface area contributed by atoms with E-state index in [9.17, 15) is 13.2 Å². The zero-order valence-electron chi connectivity index (χ0n) is 9.55. The molecular formula is C11H15F3N2O. The fraction of sp³-hybridized carbons (Fsp3) is 0.545. The highest BCUT2D eigenvalue weighted by molar-refractivity contribution is 5.22. The summed E-state index contributed by atoms with van der Waals surface area (Å²) in [6, 6.07) is 3.34. The van der Waals surface area contributed by atoms with Crippen molar-refractivity contribution in [3.63, 3.8) is 0 Å². The van der Waals surface area contributed by atoms with Gasteiger partial charge in [-0.05, 0) is 19.5 Å². The average molecular weight is 248 g/mol. The molecule has 0 saturated heterocycles. The maximum absolute atomic E-state index is 11.9. The lowest BCUT2D eigenvalue weighted by Crippen LogP contribution is -2.10. The molecule has 96 valence electrons. The van der Waals surface area contributed by atoms with E-state index in [1.54, 1.807) is 25.4 Å². The summed E-state index contributed by atoms with van der Waals surface area (Å²) in [5.41, 5.74) is 0.792. The molecule has 17 heavy (non-hydrogen) atoms. The van der Waals surface area contributed by atoms with Gasteiger partial charge >= 0.3 is 6.18 Å². The largest absolute Gasteiger partial charge is 0.493 e. The molecule has 0 aliphatic carbocycles. The fourth-order valence-electron chi connectivity index (χ4n) is 1.29. The standard InChI is InChI=1S/C11H15F3N2O/c1-15-8-9-7-10(3-5-16-9)17-6-2-4-11(12,13)14/h3,5,7,15H,2,4,6,8H2,1H3. The van der Waals surface area contributed by atoms with Gasteiger partial charge in [-0.25, -0.2) is 0 Å². The van der Waals surface area contributed by atoms with Crippen LogP contribution < -0.4 is 10.1 Å². The molecule has 0 bridgehead atoms. The summed E-state index contributed by atoms with van der Waals surface area (Å²) >= 11 is 0. The van der Waals surface area contributed by atoms with Crippen LogP contribution in [0.3, 0.4) is 0 Å². The van der Waals surface area contributed by atoms with E-state index in [1.807, 2.05) is 0 Å². The van der Waals surface area contributed by atoms with Gasteiger partial charge in [-0.15, -0.1) is 0 Å². The zero-order chi connectivity index (χ0) is 12.7. The first-order valence-electron chi connectivity index (χ1n) is 5.30. The molecule has 6 heteroatoms. The minimum atomic E-state index is -4.11. The van der Waals surface area contributed by atoms with Gasteiger partial charge in [0.25, 0.3) is 0 Å². The van der Waals surface area contributed by atoms with E-state index in [0.29, 0.717) is 12.3 Å². The van der Waals surface area contributed by atoms with E-state index in [4.69, 9.17) is 4.74 Å². The van der Waals surface area contributed by atoms with Crippen molar-refractivity contribution in [2.75, 3.05) is 13.7 Å². The first kappa shape index (κ1) is 13.8. The summed E-state index contributed by atoms with van der Waals surface area (Å²) in [7, 11) is 1.79. The van der Waals surface area contributed by atoms with Gasteiger partial charge in [-0.3, -0.25) is 4.98 Å². The number of rotatable bonds is 6. The lowest BCUT2D eigenvalue weighted by Gasteiger charge is -2.08. The second-order valence-corrected chi connectivity index (χ2v) is 3.58. The molecule has 0 spiro atoms. The third-order valence-corrected chi connectivity index (χ3v) is 2.02. The summed E-state index contributed by atoms with van der Waals surface area (Å²) in [4.78, 5) is 4.07. The van der Waals surface area contributed by atoms with Crippen LogP contribution in [0.5, 0.6) is 5.75 Å². The molecule has 1 N–H and O–H groups in total. The van der Waals surface area contributed by atoms with E-state index >= 15 is 0 Å². The van der Waals surface area contributed by atoms with E-state index in [1.165, 1.54) is 0 Å². The van der Waals surface area contributed by atoms with E-state index in [-0.39, 0.29) is 13.0 Å². The summed E-state index contributed by atoms with van der Waals surface area (Å²) in [5, 5.41) is 2.93. The molecule has 1 aromatic heterocycles. The van der Waals surface area contributed by atoms with Crippen LogP contribution in [0.2, 0.25) is 0 Å². The molecule has 1 heterocycles. The maximum Gasteiger partial charge on any atom is 0.389 e. The molecule has 0 aliphatic heterocycles. The molecular weight excluding hydrogens is 233 g/mol. The van der Waals surface area contributed by atoms with Crippen molar-refractivity contribution >= 4 is 0 Å². The summed E-state index contributed by atoms with van der Waals surface area (Å²) < 4.78 is 40.8. The Morgan fingerprint density at radius 2 is 2.18 bits per heavy atom. The predicted octanol–water partition coefficient (Wildman–Crippen LogP) is 2.52. The molecule has 0 aliphatic rings. The Bertz CT molecular complexity index is 342. The van der Waals surface area contributed by atoms with Crippen molar-refractivity contribution in [3.8, 4) is 5.75 Å². The van der Waals surface area contributed by atoms with Crippen molar-refractivity contribution in [1.29, 1.82) is 0 Å². The lowest BCUT2D eigenvalue weighted by atomic mass is 10.3. The first-order valence-corrected chi connectivity index (χ1v) is 5.30. The van der Waals surface area contributed by atoms with E-state index in [0.717, 1.165) is 5.69 Å². The van der Waals surface area contributed by atoms with Gasteiger partial charge in [-0.2, -0.15) is 13.2 Å². The van der Waals surface area contributed by atoms with Gasteiger partial charge < -0.3 is 10.1 Å². The van der Waals surface area contributed by atoms with Gasteiger partial charge in [0.2, 0.25) is 0 Å². The van der Waals surface area contributed by atoms with Crippen molar-refractivity contribution in [1.82, 2.24) is 10.3 Å². The van der Waals surface area contributed by atoms with Crippen LogP contribution in [0.15, 0.2) is 18.3 Å². The molecule has 0 saturated carbocycles. The van der Waals surface area contributed by atoms with Crippen LogP contribution in [0.4, 0.5) is 13.2 Å². The average Bonchev–Trinajstić information content (AvgIpc) is 2.24. The highest BCUT2D eigenvalue weighted by Gasteiger charge is 2.26. The Hall–Kier alpha value is -1.30. The van der Waals surface area contributed by atoms with Crippen LogP contribution >= 0.6 is 0 Å². The smallest absolute Gasteiger partial charge is 0.389 e. The molecule has 0 fully saturated rings. The fourth-order valence-corrected chi connectivity index (χ4v) is 1.29. The van der Waals surface area contributed by atoms with E-state index in [2.05, 4.69) is 10.3 Å². The highest BCUT2D eigenvalue weighted by Crippen LogP contribution is 2.21. The minimum Gasteiger partial charge on any atom is -0.493 e. The number of hydrogen-bond donors (Lipinski definition) is 1. The number of nitrogens with one attached hydrogen (secondary N) is 1. The number of pyridine rings is 1. The van der Waals surface area contributed by atoms with Gasteiger partial charge in [0.15, 0.2) is 0 Å². The second-order valence-electron chi connectivity index (χ2n) is 3.58. The van der Waals surface area contributed by atoms with Crippen LogP contribution in [0.1, 0.15) is 18.5 Å². The molecule has 0 radical (unpaired) electrons. The Balaban J connectivity index is 2.34. The highest BCUT2D eigenvalue weighted by atomic mass is 19.4. The number of aromatic nitrogens is 1. The van der Waals surface area contributed by atoms with Gasteiger partial charge in [0.05, 0.1) is 12.3 Å². The third-order valence-electron chi connectivity index (χ3n) is 2.02. The Morgan fingerprint density at radius 1 is 1.41 bits per heavy atom. The quantitative estimate of drug-likeness (QED) is 0.785. The van der Waals surface area contributed by atoms with Crippen molar-refractivity contribution in [3.05, 3.63) is 24.0 Å². The van der Waals surface area contributed by atoms with Crippen molar-refractivity contribution in [2.24, 2.45) is 0 Å². The third kappa shape index (κ3) is 6.11. The van der Waals surface area contributed by atoms with Crippen LogP contribution in [-0.2, 0) is 6.54 Å². The Labute approximate surface area is 98.0 Å². The van der Waals surface area contributed by atoms with Gasteiger partial charge in [0, 0.05) is 25.2 Å². The molecule has 0 atom stereocenters. The van der Waals surface area contributed by atoms with Crippen LogP contribution in [0.25, 0.3) is 0 Å². The van der Waals surface area contributed by atoms with Gasteiger partial charge in [0.1, 0.15) is 5.75 Å². The second kappa shape index (κ2) is 6.44. The molecule has 0 amide bonds. The first-order chi connectivity index (χ1) is 8.01. The monoisotopic (exact) mass is 248 g/mol. The maximum atomic E-state index is 11.9. The summed E-state index contributed by atoms with van der Waals surface area (Å²) in [5.74, 6) is 0.549. The SMILES string of the molecule is CNCc1cc(OCCCC(F)(F)F)ccn1. The predicted molar refractivity (Wildman–Crippen MR) is 57.8 cm³/mol. The molecule has 0 unspecified atom stereocenters. The number of nitrogens with zero attached hydrogens (tertiary/aromatic N) is 1. The number of ether oxygens (including phenoxy) is 1. The van der Waals surface area contributed by atoms with Crippen LogP contribution in [-0.4, -0.2) is 24.8 Å². The molecule has 1 aromatic rings. The molecule has 3 nitrogen and oxygen atoms in total. The Morgan fingerprint density at radius 3 is 2.82 bits per heavy atom. The zero-order valence-corrected chi connectivity index (χ0v) is 9.55. The topological polar surface area (TPSA) is 34.1 Å². The lowest BCUT2D eigenvalue weighted by molar-refractivity contribution is -0.136. The normalized spacial score (nSPS) is 11.5.